The molecule has 0 unspecified atom stereocenters. The number of benzene rings is 1. The molecule has 1 aromatic rings. The van der Waals surface area contributed by atoms with Crippen LogP contribution in [0.15, 0.2) is 30.3 Å². The van der Waals surface area contributed by atoms with Crippen LogP contribution in [0.2, 0.25) is 0 Å². The van der Waals surface area contributed by atoms with Gasteiger partial charge in [0.05, 0.1) is 22.6 Å². The summed E-state index contributed by atoms with van der Waals surface area (Å²) < 4.78 is 6.25. The highest BCUT2D eigenvalue weighted by atomic mass is 32.2. The fraction of sp³-hybridized carbons (Fsp3) is 0.588. The number of amides is 1. The minimum Gasteiger partial charge on any atom is -0.353 e. The zero-order valence-electron chi connectivity index (χ0n) is 13.1. The van der Waals surface area contributed by atoms with Crippen LogP contribution in [0, 0.1) is 11.8 Å². The number of hydrogen-bond donors (Lipinski definition) is 0. The van der Waals surface area contributed by atoms with Gasteiger partial charge in [-0.2, -0.15) is 0 Å². The van der Waals surface area contributed by atoms with Gasteiger partial charge in [0.2, 0.25) is 5.91 Å². The average Bonchev–Trinajstić information content (AvgIpc) is 2.94. The Hall–Kier alpha value is -0.650. The quantitative estimate of drug-likeness (QED) is 0.792. The Morgan fingerprint density at radius 2 is 1.91 bits per heavy atom. The second-order valence-electron chi connectivity index (χ2n) is 6.51. The molecule has 5 heteroatoms. The molecule has 2 heterocycles. The Kier molecular flexibility index (Phi) is 3.34. The van der Waals surface area contributed by atoms with E-state index in [0.717, 1.165) is 6.42 Å². The monoisotopic (exact) mass is 335 g/mol. The van der Waals surface area contributed by atoms with Crippen molar-refractivity contribution in [2.45, 2.75) is 29.2 Å². The van der Waals surface area contributed by atoms with Gasteiger partial charge in [0.1, 0.15) is 5.72 Å². The molecule has 2 saturated heterocycles. The molecule has 0 bridgehead atoms. The highest BCUT2D eigenvalue weighted by molar-refractivity contribution is 8.17. The van der Waals surface area contributed by atoms with Crippen LogP contribution in [0.1, 0.15) is 24.9 Å². The number of thioether (sulfide) groups is 2. The van der Waals surface area contributed by atoms with E-state index in [1.165, 1.54) is 5.56 Å². The van der Waals surface area contributed by atoms with Gasteiger partial charge >= 0.3 is 0 Å². The molecule has 1 aliphatic carbocycles. The fourth-order valence-corrected chi connectivity index (χ4v) is 6.89. The van der Waals surface area contributed by atoms with Crippen molar-refractivity contribution in [2.24, 2.45) is 11.8 Å². The molecular formula is C17H21NO2S2. The van der Waals surface area contributed by atoms with Gasteiger partial charge in [-0.3, -0.25) is 4.79 Å². The van der Waals surface area contributed by atoms with Gasteiger partial charge in [0.15, 0.2) is 0 Å². The number of nitrogens with zero attached hydrogens (tertiary/aromatic N) is 1. The van der Waals surface area contributed by atoms with E-state index >= 15 is 0 Å². The molecule has 4 rings (SSSR count). The van der Waals surface area contributed by atoms with Crippen LogP contribution in [0.5, 0.6) is 0 Å². The fourth-order valence-electron chi connectivity index (χ4n) is 4.49. The van der Waals surface area contributed by atoms with Crippen LogP contribution >= 0.6 is 23.5 Å². The number of carbonyl (C=O) groups excluding carboxylic acids is 1. The van der Waals surface area contributed by atoms with Gasteiger partial charge in [-0.05, 0) is 31.4 Å². The van der Waals surface area contributed by atoms with E-state index in [1.54, 1.807) is 0 Å². The van der Waals surface area contributed by atoms with Gasteiger partial charge in [0.25, 0.3) is 0 Å². The summed E-state index contributed by atoms with van der Waals surface area (Å²) in [6, 6.07) is 10.3. The lowest BCUT2D eigenvalue weighted by Gasteiger charge is -2.51. The number of carbonyl (C=O) groups is 1. The van der Waals surface area contributed by atoms with E-state index in [-0.39, 0.29) is 21.9 Å². The predicted octanol–water partition coefficient (Wildman–Crippen LogP) is 3.37. The summed E-state index contributed by atoms with van der Waals surface area (Å²) in [6.45, 7) is 2.73. The highest BCUT2D eigenvalue weighted by Crippen LogP contribution is 2.68. The second kappa shape index (κ2) is 4.92. The first-order valence-corrected chi connectivity index (χ1v) is 10.1. The van der Waals surface area contributed by atoms with Gasteiger partial charge in [0, 0.05) is 5.92 Å². The lowest BCUT2D eigenvalue weighted by atomic mass is 9.70. The number of rotatable bonds is 3. The number of ether oxygens (including phenoxy) is 1. The maximum atomic E-state index is 13.2. The Labute approximate surface area is 140 Å². The molecule has 1 aromatic carbocycles. The summed E-state index contributed by atoms with van der Waals surface area (Å²) >= 11 is 3.67. The van der Waals surface area contributed by atoms with Crippen LogP contribution in [-0.4, -0.2) is 39.7 Å². The summed E-state index contributed by atoms with van der Waals surface area (Å²) in [5.74, 6) is 0.705. The van der Waals surface area contributed by atoms with Crippen molar-refractivity contribution in [3.8, 4) is 0 Å². The van der Waals surface area contributed by atoms with E-state index in [1.807, 2.05) is 46.6 Å². The van der Waals surface area contributed by atoms with E-state index in [4.69, 9.17) is 4.74 Å². The molecule has 4 atom stereocenters. The molecule has 3 nitrogen and oxygen atoms in total. The van der Waals surface area contributed by atoms with Crippen molar-refractivity contribution in [1.82, 2.24) is 4.90 Å². The zero-order chi connectivity index (χ0) is 15.5. The molecular weight excluding hydrogens is 314 g/mol. The maximum Gasteiger partial charge on any atom is 0.231 e. The molecule has 1 saturated carbocycles. The first kappa shape index (κ1) is 14.9. The molecule has 1 amide bonds. The lowest BCUT2D eigenvalue weighted by molar-refractivity contribution is -0.138. The first-order valence-electron chi connectivity index (χ1n) is 7.70. The second-order valence-corrected chi connectivity index (χ2v) is 9.04. The van der Waals surface area contributed by atoms with E-state index in [9.17, 15) is 4.79 Å². The molecule has 3 fully saturated rings. The van der Waals surface area contributed by atoms with Crippen LogP contribution < -0.4 is 0 Å². The number of fused-ring (bicyclic) bond motifs is 3. The molecule has 118 valence electrons. The minimum atomic E-state index is -0.419. The van der Waals surface area contributed by atoms with Crippen LogP contribution in [0.4, 0.5) is 0 Å². The van der Waals surface area contributed by atoms with Crippen LogP contribution in [0.3, 0.4) is 0 Å². The highest BCUT2D eigenvalue weighted by Gasteiger charge is 2.73. The Bertz CT molecular complexity index is 604. The third kappa shape index (κ3) is 1.68. The summed E-state index contributed by atoms with van der Waals surface area (Å²) in [5.41, 5.74) is 0.761. The van der Waals surface area contributed by atoms with Crippen molar-refractivity contribution < 1.29 is 9.53 Å². The summed E-state index contributed by atoms with van der Waals surface area (Å²) in [4.78, 5) is 15.2. The Morgan fingerprint density at radius 3 is 2.55 bits per heavy atom. The van der Waals surface area contributed by atoms with Crippen molar-refractivity contribution >= 4 is 29.4 Å². The SMILES string of the molecule is CSC1(SC)C[C@@H]2[C@H]1C(=O)N1[C@@H](c3ccccc3)CO[C@]21C. The van der Waals surface area contributed by atoms with Crippen molar-refractivity contribution in [3.05, 3.63) is 35.9 Å². The third-order valence-electron chi connectivity index (χ3n) is 5.77. The predicted molar refractivity (Wildman–Crippen MR) is 91.7 cm³/mol. The van der Waals surface area contributed by atoms with Crippen molar-refractivity contribution in [2.75, 3.05) is 19.1 Å². The normalized spacial score (nSPS) is 38.6. The minimum absolute atomic E-state index is 0.0414. The van der Waals surface area contributed by atoms with E-state index in [0.29, 0.717) is 12.5 Å². The molecule has 0 spiro atoms. The largest absolute Gasteiger partial charge is 0.353 e. The zero-order valence-corrected chi connectivity index (χ0v) is 14.7. The topological polar surface area (TPSA) is 29.5 Å². The van der Waals surface area contributed by atoms with E-state index in [2.05, 4.69) is 31.6 Å². The van der Waals surface area contributed by atoms with Crippen molar-refractivity contribution in [3.63, 3.8) is 0 Å². The van der Waals surface area contributed by atoms with Crippen LogP contribution in [-0.2, 0) is 9.53 Å². The average molecular weight is 335 g/mol. The smallest absolute Gasteiger partial charge is 0.231 e. The van der Waals surface area contributed by atoms with Gasteiger partial charge in [-0.15, -0.1) is 23.5 Å². The molecule has 22 heavy (non-hydrogen) atoms. The van der Waals surface area contributed by atoms with Crippen molar-refractivity contribution in [1.29, 1.82) is 0 Å². The standard InChI is InChI=1S/C17H21NO2S2/c1-16-12-9-17(21-2,22-3)14(12)15(19)18(16)13(10-20-16)11-7-5-4-6-8-11/h4-8,12-14H,9-10H2,1-3H3/t12-,13-,14+,16-/m1/s1. The summed E-state index contributed by atoms with van der Waals surface area (Å²) in [6.07, 6.45) is 5.31. The Morgan fingerprint density at radius 1 is 1.23 bits per heavy atom. The first-order chi connectivity index (χ1) is 10.6. The maximum absolute atomic E-state index is 13.2. The molecule has 0 radical (unpaired) electrons. The van der Waals surface area contributed by atoms with Gasteiger partial charge in [-0.25, -0.2) is 0 Å². The summed E-state index contributed by atoms with van der Waals surface area (Å²) in [7, 11) is 0. The lowest BCUT2D eigenvalue weighted by Crippen LogP contribution is -2.54. The number of hydrogen-bond acceptors (Lipinski definition) is 4. The summed E-state index contributed by atoms with van der Waals surface area (Å²) in [5, 5.41) is 0. The van der Waals surface area contributed by atoms with E-state index < -0.39 is 5.72 Å². The molecule has 0 aromatic heterocycles. The van der Waals surface area contributed by atoms with Crippen LogP contribution in [0.25, 0.3) is 0 Å². The van der Waals surface area contributed by atoms with Gasteiger partial charge < -0.3 is 9.64 Å². The molecule has 3 aliphatic rings. The molecule has 0 N–H and O–H groups in total. The Balaban J connectivity index is 1.71. The molecule has 2 aliphatic heterocycles. The third-order valence-corrected chi connectivity index (χ3v) is 8.99. The van der Waals surface area contributed by atoms with Gasteiger partial charge in [-0.1, -0.05) is 30.3 Å².